The van der Waals surface area contributed by atoms with Crippen molar-refractivity contribution in [3.05, 3.63) is 69.6 Å². The molecule has 0 bridgehead atoms. The van der Waals surface area contributed by atoms with Crippen molar-refractivity contribution in [2.24, 2.45) is 0 Å². The molecule has 0 aromatic heterocycles. The van der Waals surface area contributed by atoms with Crippen LogP contribution in [0.15, 0.2) is 42.5 Å². The van der Waals surface area contributed by atoms with E-state index in [1.54, 1.807) is 24.3 Å². The summed E-state index contributed by atoms with van der Waals surface area (Å²) in [5.74, 6) is -1.02. The number of benzene rings is 2. The monoisotopic (exact) mass is 275 g/mol. The van der Waals surface area contributed by atoms with Crippen LogP contribution in [0.4, 0.5) is 10.1 Å². The molecule has 94 valence electrons. The average molecular weight is 276 g/mol. The lowest BCUT2D eigenvalue weighted by atomic mass is 10.0. The van der Waals surface area contributed by atoms with Gasteiger partial charge >= 0.3 is 0 Å². The van der Waals surface area contributed by atoms with E-state index in [2.05, 4.69) is 0 Å². The van der Waals surface area contributed by atoms with E-state index in [-0.39, 0.29) is 17.0 Å². The number of Topliss-reactive ketones (excluding diaryl/α,β-unsaturated/α-hetero) is 1. The summed E-state index contributed by atoms with van der Waals surface area (Å²) in [4.78, 5) is 12.2. The Hall–Kier alpha value is -2.20. The molecule has 3 rings (SSSR count). The van der Waals surface area contributed by atoms with E-state index in [9.17, 15) is 14.4 Å². The van der Waals surface area contributed by atoms with Gasteiger partial charge in [-0.15, -0.1) is 0 Å². The van der Waals surface area contributed by atoms with Gasteiger partial charge in [0.25, 0.3) is 11.5 Å². The van der Waals surface area contributed by atoms with Crippen LogP contribution >= 0.6 is 11.6 Å². The first-order valence-corrected chi connectivity index (χ1v) is 5.90. The number of fused-ring (bicyclic) bond motifs is 1. The first kappa shape index (κ1) is 11.9. The normalized spacial score (nSPS) is 13.9. The Morgan fingerprint density at radius 2 is 1.79 bits per heavy atom. The van der Waals surface area contributed by atoms with Crippen molar-refractivity contribution in [3.63, 3.8) is 0 Å². The van der Waals surface area contributed by atoms with Crippen LogP contribution in [0.25, 0.3) is 0 Å². The molecule has 0 saturated carbocycles. The standard InChI is InChI=1S/C14H7ClFNO2/c15-9-3-1-8(2-4-9)13-14(18)11-7-10(16)5-6-12(11)17(13)19/h1-7H. The highest BCUT2D eigenvalue weighted by atomic mass is 35.5. The number of carbonyl (C=O) groups excluding carboxylic acids is 1. The van der Waals surface area contributed by atoms with Gasteiger partial charge in [0.05, 0.1) is 5.56 Å². The Morgan fingerprint density at radius 1 is 1.11 bits per heavy atom. The number of hydrogen-bond acceptors (Lipinski definition) is 2. The first-order valence-electron chi connectivity index (χ1n) is 5.52. The van der Waals surface area contributed by atoms with E-state index in [4.69, 9.17) is 11.6 Å². The minimum absolute atomic E-state index is 0.0164. The molecule has 0 saturated heterocycles. The highest BCUT2D eigenvalue weighted by Gasteiger charge is 2.36. The molecule has 5 heteroatoms. The smallest absolute Gasteiger partial charge is 0.272 e. The third kappa shape index (κ3) is 1.81. The Kier molecular flexibility index (Phi) is 2.61. The van der Waals surface area contributed by atoms with Gasteiger partial charge in [-0.25, -0.2) is 4.39 Å². The summed E-state index contributed by atoms with van der Waals surface area (Å²) in [6.45, 7) is 0. The second-order valence-corrected chi connectivity index (χ2v) is 4.58. The number of nitrogens with zero attached hydrogens (tertiary/aromatic N) is 1. The summed E-state index contributed by atoms with van der Waals surface area (Å²) >= 11 is 5.77. The van der Waals surface area contributed by atoms with Crippen LogP contribution in [0, 0.1) is 11.0 Å². The molecule has 0 unspecified atom stereocenters. The van der Waals surface area contributed by atoms with E-state index in [1.165, 1.54) is 6.07 Å². The minimum Gasteiger partial charge on any atom is -0.618 e. The molecule has 0 spiro atoms. The van der Waals surface area contributed by atoms with Gasteiger partial charge in [-0.1, -0.05) is 11.6 Å². The molecule has 1 heterocycles. The first-order chi connectivity index (χ1) is 9.08. The lowest BCUT2D eigenvalue weighted by molar-refractivity contribution is -0.355. The zero-order chi connectivity index (χ0) is 13.6. The minimum atomic E-state index is -0.544. The molecule has 1 aliphatic rings. The predicted octanol–water partition coefficient (Wildman–Crippen LogP) is 3.31. The second-order valence-electron chi connectivity index (χ2n) is 4.14. The molecule has 2 aromatic carbocycles. The summed E-state index contributed by atoms with van der Waals surface area (Å²) in [6.07, 6.45) is 0. The zero-order valence-corrected chi connectivity index (χ0v) is 10.3. The Balaban J connectivity index is 2.17. The lowest BCUT2D eigenvalue weighted by Crippen LogP contribution is -2.16. The molecule has 0 radical (unpaired) electrons. The third-order valence-corrected chi connectivity index (χ3v) is 3.21. The van der Waals surface area contributed by atoms with Crippen molar-refractivity contribution < 1.29 is 13.9 Å². The van der Waals surface area contributed by atoms with E-state index in [0.717, 1.165) is 12.1 Å². The van der Waals surface area contributed by atoms with E-state index in [0.29, 0.717) is 15.3 Å². The van der Waals surface area contributed by atoms with Gasteiger partial charge in [0, 0.05) is 11.1 Å². The van der Waals surface area contributed by atoms with Gasteiger partial charge in [-0.05, 0) is 36.4 Å². The molecule has 0 amide bonds. The van der Waals surface area contributed by atoms with Gasteiger partial charge in [-0.2, -0.15) is 4.74 Å². The van der Waals surface area contributed by atoms with Crippen molar-refractivity contribution in [3.8, 4) is 0 Å². The van der Waals surface area contributed by atoms with Gasteiger partial charge in [0.15, 0.2) is 0 Å². The maximum absolute atomic E-state index is 13.1. The van der Waals surface area contributed by atoms with E-state index < -0.39 is 11.6 Å². The lowest BCUT2D eigenvalue weighted by Gasteiger charge is -2.01. The zero-order valence-electron chi connectivity index (χ0n) is 9.56. The van der Waals surface area contributed by atoms with Crippen LogP contribution in [-0.4, -0.2) is 16.2 Å². The number of halogens is 2. The number of carbonyl (C=O) groups is 1. The van der Waals surface area contributed by atoms with Gasteiger partial charge < -0.3 is 5.21 Å². The van der Waals surface area contributed by atoms with Crippen molar-refractivity contribution in [2.75, 3.05) is 0 Å². The third-order valence-electron chi connectivity index (χ3n) is 2.96. The fourth-order valence-electron chi connectivity index (χ4n) is 2.06. The van der Waals surface area contributed by atoms with Crippen molar-refractivity contribution >= 4 is 28.8 Å². The molecule has 1 aliphatic heterocycles. The summed E-state index contributed by atoms with van der Waals surface area (Å²) in [6, 6.07) is 9.89. The Labute approximate surface area is 113 Å². The van der Waals surface area contributed by atoms with Crippen LogP contribution in [0.5, 0.6) is 0 Å². The molecule has 0 aliphatic carbocycles. The summed E-state index contributed by atoms with van der Waals surface area (Å²) in [5.41, 5.74) is 0.689. The quantitative estimate of drug-likeness (QED) is 0.592. The number of rotatable bonds is 1. The second kappa shape index (κ2) is 4.17. The van der Waals surface area contributed by atoms with Crippen molar-refractivity contribution in [2.45, 2.75) is 0 Å². The highest BCUT2D eigenvalue weighted by molar-refractivity contribution is 6.52. The largest absolute Gasteiger partial charge is 0.618 e. The fourth-order valence-corrected chi connectivity index (χ4v) is 2.19. The van der Waals surface area contributed by atoms with Crippen molar-refractivity contribution in [1.82, 2.24) is 0 Å². The number of hydrogen-bond donors (Lipinski definition) is 0. The van der Waals surface area contributed by atoms with Crippen LogP contribution in [0.3, 0.4) is 0 Å². The molecule has 3 nitrogen and oxygen atoms in total. The van der Waals surface area contributed by atoms with Crippen LogP contribution in [0.2, 0.25) is 5.02 Å². The van der Waals surface area contributed by atoms with Gasteiger partial charge in [0.2, 0.25) is 5.69 Å². The molecule has 0 N–H and O–H groups in total. The van der Waals surface area contributed by atoms with E-state index in [1.807, 2.05) is 0 Å². The maximum Gasteiger partial charge on any atom is 0.272 e. The topological polar surface area (TPSA) is 43.1 Å². The van der Waals surface area contributed by atoms with E-state index >= 15 is 0 Å². The molecule has 0 fully saturated rings. The predicted molar refractivity (Wildman–Crippen MR) is 69.6 cm³/mol. The summed E-state index contributed by atoms with van der Waals surface area (Å²) in [7, 11) is 0. The summed E-state index contributed by atoms with van der Waals surface area (Å²) in [5, 5.41) is 12.6. The molecule has 19 heavy (non-hydrogen) atoms. The fraction of sp³-hybridized carbons (Fsp3) is 0. The average Bonchev–Trinajstić information content (AvgIpc) is 2.63. The Bertz CT molecular complexity index is 723. The number of ketones is 1. The SMILES string of the molecule is O=C1C(c2ccc(Cl)cc2)=[N+]([O-])c2ccc(F)cc21. The van der Waals surface area contributed by atoms with Crippen LogP contribution < -0.4 is 0 Å². The highest BCUT2D eigenvalue weighted by Crippen LogP contribution is 2.28. The molecule has 2 aromatic rings. The van der Waals surface area contributed by atoms with Gasteiger partial charge in [0.1, 0.15) is 11.4 Å². The van der Waals surface area contributed by atoms with Gasteiger partial charge in [-0.3, -0.25) is 4.79 Å². The maximum atomic E-state index is 13.1. The van der Waals surface area contributed by atoms with Crippen LogP contribution in [0.1, 0.15) is 15.9 Å². The molecular formula is C14H7ClFNO2. The molecule has 0 atom stereocenters. The summed E-state index contributed by atoms with van der Waals surface area (Å²) < 4.78 is 13.7. The van der Waals surface area contributed by atoms with Crippen molar-refractivity contribution in [1.29, 1.82) is 0 Å². The van der Waals surface area contributed by atoms with Crippen LogP contribution in [-0.2, 0) is 0 Å². The molecular weight excluding hydrogens is 269 g/mol. The Morgan fingerprint density at radius 3 is 2.47 bits per heavy atom.